The van der Waals surface area contributed by atoms with Gasteiger partial charge in [-0.15, -0.1) is 5.10 Å². The highest BCUT2D eigenvalue weighted by Gasteiger charge is 2.27. The first-order valence-corrected chi connectivity index (χ1v) is 8.81. The summed E-state index contributed by atoms with van der Waals surface area (Å²) in [7, 11) is 1.62. The highest BCUT2D eigenvalue weighted by atomic mass is 19.4. The number of rotatable bonds is 6. The van der Waals surface area contributed by atoms with Gasteiger partial charge in [-0.25, -0.2) is 4.68 Å². The minimum atomic E-state index is -4.49. The Labute approximate surface area is 173 Å². The monoisotopic (exact) mass is 435 g/mol. The maximum Gasteiger partial charge on any atom is 0.405 e. The highest BCUT2D eigenvalue weighted by Crippen LogP contribution is 2.24. The van der Waals surface area contributed by atoms with E-state index in [-0.39, 0.29) is 16.8 Å². The second kappa shape index (κ2) is 8.42. The van der Waals surface area contributed by atoms with Gasteiger partial charge in [0, 0.05) is 29.5 Å². The van der Waals surface area contributed by atoms with Crippen LogP contribution in [0.1, 0.15) is 15.9 Å². The standard InChI is InChI=1S/C19H17F4N7O/c1-30-18(27-12-6-7-14(24)13(8-12)15(20)25)28-16(29-30)10-2-4-11(5-3-10)17(31)26-9-19(21,22)23/h2-8,25H,9,24H2,1H3,(H,26,31)(H,27,28,29). The molecule has 0 saturated heterocycles. The lowest BCUT2D eigenvalue weighted by molar-refractivity contribution is -0.123. The van der Waals surface area contributed by atoms with E-state index in [1.807, 2.05) is 0 Å². The van der Waals surface area contributed by atoms with Gasteiger partial charge in [0.2, 0.25) is 11.9 Å². The number of benzene rings is 2. The average molecular weight is 435 g/mol. The van der Waals surface area contributed by atoms with E-state index in [9.17, 15) is 22.4 Å². The quantitative estimate of drug-likeness (QED) is 0.269. The number of nitrogens with one attached hydrogen (secondary N) is 3. The lowest BCUT2D eigenvalue weighted by atomic mass is 10.1. The number of hydrogen-bond donors (Lipinski definition) is 4. The molecule has 2 aromatic carbocycles. The van der Waals surface area contributed by atoms with Crippen molar-refractivity contribution in [1.82, 2.24) is 20.1 Å². The summed E-state index contributed by atoms with van der Waals surface area (Å²) < 4.78 is 51.4. The van der Waals surface area contributed by atoms with E-state index in [4.69, 9.17) is 11.1 Å². The van der Waals surface area contributed by atoms with Crippen molar-refractivity contribution in [2.75, 3.05) is 17.6 Å². The molecule has 31 heavy (non-hydrogen) atoms. The fourth-order valence-electron chi connectivity index (χ4n) is 2.62. The maximum atomic E-state index is 13.3. The van der Waals surface area contributed by atoms with E-state index in [1.54, 1.807) is 18.4 Å². The van der Waals surface area contributed by atoms with Gasteiger partial charge in [0.15, 0.2) is 5.82 Å². The van der Waals surface area contributed by atoms with Crippen LogP contribution in [-0.4, -0.2) is 39.4 Å². The summed E-state index contributed by atoms with van der Waals surface area (Å²) in [4.78, 5) is 16.1. The van der Waals surface area contributed by atoms with Crippen molar-refractivity contribution in [3.63, 3.8) is 0 Å². The average Bonchev–Trinajstić information content (AvgIpc) is 3.07. The third-order valence-electron chi connectivity index (χ3n) is 4.16. The van der Waals surface area contributed by atoms with Crippen molar-refractivity contribution in [3.05, 3.63) is 53.6 Å². The minimum Gasteiger partial charge on any atom is -0.398 e. The molecule has 0 spiro atoms. The zero-order chi connectivity index (χ0) is 22.8. The first-order valence-electron chi connectivity index (χ1n) is 8.81. The van der Waals surface area contributed by atoms with Gasteiger partial charge in [-0.3, -0.25) is 10.2 Å². The van der Waals surface area contributed by atoms with Crippen molar-refractivity contribution in [3.8, 4) is 11.4 Å². The summed E-state index contributed by atoms with van der Waals surface area (Å²) in [6.45, 7) is -1.42. The van der Waals surface area contributed by atoms with Crippen LogP contribution in [-0.2, 0) is 7.05 Å². The van der Waals surface area contributed by atoms with Crippen molar-refractivity contribution >= 4 is 29.2 Å². The van der Waals surface area contributed by atoms with Crippen LogP contribution in [0.2, 0.25) is 0 Å². The second-order valence-corrected chi connectivity index (χ2v) is 6.50. The topological polar surface area (TPSA) is 122 Å². The lowest BCUT2D eigenvalue weighted by Gasteiger charge is -2.08. The number of aromatic nitrogens is 3. The van der Waals surface area contributed by atoms with E-state index in [1.165, 1.54) is 41.1 Å². The predicted octanol–water partition coefficient (Wildman–Crippen LogP) is 3.39. The molecule has 8 nitrogen and oxygen atoms in total. The number of halogens is 4. The van der Waals surface area contributed by atoms with Gasteiger partial charge in [0.25, 0.3) is 5.91 Å². The Kier molecular flexibility index (Phi) is 5.90. The summed E-state index contributed by atoms with van der Waals surface area (Å²) in [5, 5.41) is 16.1. The van der Waals surface area contributed by atoms with Crippen LogP contribution in [0, 0.1) is 5.41 Å². The van der Waals surface area contributed by atoms with E-state index in [2.05, 4.69) is 15.4 Å². The molecule has 1 heterocycles. The van der Waals surface area contributed by atoms with E-state index in [0.29, 0.717) is 23.0 Å². The van der Waals surface area contributed by atoms with E-state index < -0.39 is 24.6 Å². The minimum absolute atomic E-state index is 0.0605. The number of aryl methyl sites for hydroxylation is 1. The van der Waals surface area contributed by atoms with Gasteiger partial charge in [0.1, 0.15) is 6.54 Å². The number of alkyl halides is 3. The molecule has 0 saturated carbocycles. The molecule has 0 unspecified atom stereocenters. The van der Waals surface area contributed by atoms with Crippen molar-refractivity contribution in [1.29, 1.82) is 5.41 Å². The molecule has 0 aliphatic carbocycles. The molecule has 3 rings (SSSR count). The predicted molar refractivity (Wildman–Crippen MR) is 107 cm³/mol. The summed E-state index contributed by atoms with van der Waals surface area (Å²) >= 11 is 0. The fraction of sp³-hybridized carbons (Fsp3) is 0.158. The summed E-state index contributed by atoms with van der Waals surface area (Å²) in [5.74, 6) is -1.42. The van der Waals surface area contributed by atoms with Gasteiger partial charge in [-0.05, 0) is 30.3 Å². The van der Waals surface area contributed by atoms with Gasteiger partial charge in [-0.2, -0.15) is 22.5 Å². The zero-order valence-corrected chi connectivity index (χ0v) is 16.1. The Bertz CT molecular complexity index is 1120. The Morgan fingerprint density at radius 2 is 1.87 bits per heavy atom. The summed E-state index contributed by atoms with van der Waals surface area (Å²) in [6, 6.07) is 10.1. The molecular weight excluding hydrogens is 418 g/mol. The normalized spacial score (nSPS) is 11.3. The number of carbonyl (C=O) groups excluding carboxylic acids is 1. The lowest BCUT2D eigenvalue weighted by Crippen LogP contribution is -2.33. The number of hydrogen-bond acceptors (Lipinski definition) is 6. The third kappa shape index (κ3) is 5.35. The molecule has 0 atom stereocenters. The molecule has 1 amide bonds. The van der Waals surface area contributed by atoms with Crippen LogP contribution >= 0.6 is 0 Å². The first kappa shape index (κ1) is 21.7. The first-order chi connectivity index (χ1) is 14.5. The molecule has 162 valence electrons. The van der Waals surface area contributed by atoms with E-state index in [0.717, 1.165) is 0 Å². The Morgan fingerprint density at radius 1 is 1.19 bits per heavy atom. The molecule has 0 radical (unpaired) electrons. The SMILES string of the molecule is Cn1nc(-c2ccc(C(=O)NCC(F)(F)F)cc2)nc1Nc1ccc(N)c(C(=N)F)c1. The van der Waals surface area contributed by atoms with Crippen LogP contribution in [0.5, 0.6) is 0 Å². The number of carbonyl (C=O) groups is 1. The summed E-state index contributed by atoms with van der Waals surface area (Å²) in [5.41, 5.74) is 6.72. The number of nitrogens with zero attached hydrogens (tertiary/aromatic N) is 3. The molecule has 0 fully saturated rings. The van der Waals surface area contributed by atoms with Crippen LogP contribution in [0.15, 0.2) is 42.5 Å². The van der Waals surface area contributed by atoms with Crippen LogP contribution in [0.4, 0.5) is 34.9 Å². The van der Waals surface area contributed by atoms with Crippen LogP contribution in [0.3, 0.4) is 0 Å². The molecule has 5 N–H and O–H groups in total. The fourth-order valence-corrected chi connectivity index (χ4v) is 2.62. The number of amides is 1. The molecule has 1 aromatic heterocycles. The Hall–Kier alpha value is -3.96. The van der Waals surface area contributed by atoms with Crippen molar-refractivity contribution < 1.29 is 22.4 Å². The van der Waals surface area contributed by atoms with Gasteiger partial charge in [-0.1, -0.05) is 12.1 Å². The highest BCUT2D eigenvalue weighted by molar-refractivity contribution is 5.97. The van der Waals surface area contributed by atoms with Gasteiger partial charge < -0.3 is 16.4 Å². The largest absolute Gasteiger partial charge is 0.405 e. The number of anilines is 3. The second-order valence-electron chi connectivity index (χ2n) is 6.50. The molecule has 0 aliphatic rings. The van der Waals surface area contributed by atoms with Gasteiger partial charge in [0.05, 0.1) is 5.56 Å². The molecule has 3 aromatic rings. The third-order valence-corrected chi connectivity index (χ3v) is 4.16. The Balaban J connectivity index is 1.76. The molecule has 0 bridgehead atoms. The molecular formula is C19H17F4N7O. The molecule has 0 aliphatic heterocycles. The Morgan fingerprint density at radius 3 is 2.48 bits per heavy atom. The smallest absolute Gasteiger partial charge is 0.398 e. The van der Waals surface area contributed by atoms with Crippen molar-refractivity contribution in [2.45, 2.75) is 6.18 Å². The summed E-state index contributed by atoms with van der Waals surface area (Å²) in [6.07, 6.45) is -4.49. The maximum absolute atomic E-state index is 13.3. The molecule has 12 heteroatoms. The zero-order valence-electron chi connectivity index (χ0n) is 16.1. The van der Waals surface area contributed by atoms with Crippen LogP contribution < -0.4 is 16.4 Å². The van der Waals surface area contributed by atoms with Crippen molar-refractivity contribution in [2.24, 2.45) is 7.05 Å². The number of nitrogen functional groups attached to an aromatic ring is 1. The number of nitrogens with two attached hydrogens (primary N) is 1. The van der Waals surface area contributed by atoms with Crippen LogP contribution in [0.25, 0.3) is 11.4 Å². The van der Waals surface area contributed by atoms with Gasteiger partial charge >= 0.3 is 6.18 Å². The van der Waals surface area contributed by atoms with E-state index >= 15 is 0 Å².